The second kappa shape index (κ2) is 15.5. The summed E-state index contributed by atoms with van der Waals surface area (Å²) < 4.78 is 0. The molecule has 0 fully saturated rings. The molecule has 0 aliphatic carbocycles. The van der Waals surface area contributed by atoms with Crippen molar-refractivity contribution in [3.8, 4) is 0 Å². The molecule has 2 heteroatoms. The minimum absolute atomic E-state index is 0.996. The van der Waals surface area contributed by atoms with Crippen LogP contribution >= 0.6 is 0 Å². The van der Waals surface area contributed by atoms with Gasteiger partial charge in [0.1, 0.15) is 0 Å². The van der Waals surface area contributed by atoms with Crippen LogP contribution in [0.5, 0.6) is 0 Å². The zero-order valence-electron chi connectivity index (χ0n) is 13.7. The number of hydrogen-bond donors (Lipinski definition) is 0. The molecule has 0 unspecified atom stereocenters. The van der Waals surface area contributed by atoms with Crippen LogP contribution in [0.4, 0.5) is 0 Å². The van der Waals surface area contributed by atoms with Crippen LogP contribution in [0.25, 0.3) is 0 Å². The van der Waals surface area contributed by atoms with Crippen molar-refractivity contribution in [1.82, 2.24) is 4.90 Å². The Morgan fingerprint density at radius 3 is 1.53 bits per heavy atom. The predicted octanol–water partition coefficient (Wildman–Crippen LogP) is 5.28. The highest BCUT2D eigenvalue weighted by molar-refractivity contribution is 5.53. The van der Waals surface area contributed by atoms with Gasteiger partial charge in [-0.3, -0.25) is 4.99 Å². The van der Waals surface area contributed by atoms with Crippen LogP contribution in [0.2, 0.25) is 0 Å². The molecule has 0 heterocycles. The van der Waals surface area contributed by atoms with Gasteiger partial charge in [0.15, 0.2) is 0 Å². The van der Waals surface area contributed by atoms with E-state index in [0.717, 1.165) is 6.54 Å². The summed E-state index contributed by atoms with van der Waals surface area (Å²) in [4.78, 5) is 6.36. The van der Waals surface area contributed by atoms with Crippen molar-refractivity contribution in [2.75, 3.05) is 20.6 Å². The van der Waals surface area contributed by atoms with E-state index in [9.17, 15) is 0 Å². The summed E-state index contributed by atoms with van der Waals surface area (Å²) in [7, 11) is 4.04. The van der Waals surface area contributed by atoms with E-state index in [-0.39, 0.29) is 0 Å². The number of nitrogens with zero attached hydrogens (tertiary/aromatic N) is 2. The zero-order chi connectivity index (χ0) is 14.2. The van der Waals surface area contributed by atoms with Gasteiger partial charge in [0.05, 0.1) is 6.34 Å². The van der Waals surface area contributed by atoms with E-state index in [1.54, 1.807) is 0 Å². The molecule has 114 valence electrons. The van der Waals surface area contributed by atoms with Crippen LogP contribution in [0.1, 0.15) is 84.0 Å². The molecule has 0 aliphatic heterocycles. The maximum atomic E-state index is 4.35. The molecule has 0 radical (unpaired) electrons. The quantitative estimate of drug-likeness (QED) is 0.238. The fourth-order valence-electron chi connectivity index (χ4n) is 2.27. The van der Waals surface area contributed by atoms with Gasteiger partial charge in [0.2, 0.25) is 0 Å². The molecular formula is C17H36N2. The van der Waals surface area contributed by atoms with Crippen molar-refractivity contribution in [3.63, 3.8) is 0 Å². The third kappa shape index (κ3) is 17.5. The lowest BCUT2D eigenvalue weighted by molar-refractivity contribution is 0.545. The minimum atomic E-state index is 0.996. The first-order chi connectivity index (χ1) is 9.27. The molecule has 0 amide bonds. The standard InChI is InChI=1S/C17H36N2/c1-4-5-6-7-8-9-10-11-12-13-14-15-16-18-17-19(2)3/h17H,4-16H2,1-3H3. The Bertz CT molecular complexity index is 188. The van der Waals surface area contributed by atoms with Gasteiger partial charge in [-0.2, -0.15) is 0 Å². The second-order valence-corrected chi connectivity index (χ2v) is 5.87. The third-order valence-corrected chi connectivity index (χ3v) is 3.45. The molecule has 0 rings (SSSR count). The van der Waals surface area contributed by atoms with Crippen LogP contribution in [-0.4, -0.2) is 31.9 Å². The fourth-order valence-corrected chi connectivity index (χ4v) is 2.27. The third-order valence-electron chi connectivity index (χ3n) is 3.45. The molecule has 2 nitrogen and oxygen atoms in total. The highest BCUT2D eigenvalue weighted by atomic mass is 15.1. The molecule has 0 aromatic rings. The van der Waals surface area contributed by atoms with Gasteiger partial charge in [-0.05, 0) is 6.42 Å². The molecule has 19 heavy (non-hydrogen) atoms. The van der Waals surface area contributed by atoms with E-state index in [4.69, 9.17) is 0 Å². The summed E-state index contributed by atoms with van der Waals surface area (Å²) in [5.41, 5.74) is 0. The van der Waals surface area contributed by atoms with E-state index in [2.05, 4.69) is 11.9 Å². The molecule has 0 atom stereocenters. The van der Waals surface area contributed by atoms with Crippen molar-refractivity contribution in [1.29, 1.82) is 0 Å². The summed E-state index contributed by atoms with van der Waals surface area (Å²) in [6.07, 6.45) is 18.8. The molecule has 0 saturated heterocycles. The van der Waals surface area contributed by atoms with E-state index in [1.165, 1.54) is 77.0 Å². The first-order valence-electron chi connectivity index (χ1n) is 8.43. The largest absolute Gasteiger partial charge is 0.369 e. The van der Waals surface area contributed by atoms with Crippen molar-refractivity contribution in [2.24, 2.45) is 4.99 Å². The summed E-state index contributed by atoms with van der Waals surface area (Å²) in [6, 6.07) is 0. The Hall–Kier alpha value is -0.530. The SMILES string of the molecule is CCCCCCCCCCCCCCN=CN(C)C. The average Bonchev–Trinajstić information content (AvgIpc) is 2.39. The summed E-state index contributed by atoms with van der Waals surface area (Å²) in [5.74, 6) is 0. The molecule has 0 bridgehead atoms. The first kappa shape index (κ1) is 18.5. The normalized spacial score (nSPS) is 11.3. The lowest BCUT2D eigenvalue weighted by atomic mass is 10.1. The van der Waals surface area contributed by atoms with Gasteiger partial charge < -0.3 is 4.90 Å². The number of rotatable bonds is 14. The molecule has 0 aromatic heterocycles. The zero-order valence-corrected chi connectivity index (χ0v) is 13.7. The van der Waals surface area contributed by atoms with Gasteiger partial charge in [0, 0.05) is 20.6 Å². The summed E-state index contributed by atoms with van der Waals surface area (Å²) in [6.45, 7) is 3.28. The lowest BCUT2D eigenvalue weighted by Gasteiger charge is -2.03. The van der Waals surface area contributed by atoms with Crippen LogP contribution < -0.4 is 0 Å². The van der Waals surface area contributed by atoms with Crippen molar-refractivity contribution >= 4 is 6.34 Å². The van der Waals surface area contributed by atoms with Crippen molar-refractivity contribution < 1.29 is 0 Å². The lowest BCUT2D eigenvalue weighted by Crippen LogP contribution is -2.07. The van der Waals surface area contributed by atoms with E-state index in [0.29, 0.717) is 0 Å². The minimum Gasteiger partial charge on any atom is -0.369 e. The Balaban J connectivity index is 2.99. The average molecular weight is 268 g/mol. The number of aliphatic imine (C=N–C) groups is 1. The molecule has 0 saturated carbocycles. The highest BCUT2D eigenvalue weighted by Crippen LogP contribution is 2.11. The van der Waals surface area contributed by atoms with Crippen molar-refractivity contribution in [2.45, 2.75) is 84.0 Å². The first-order valence-corrected chi connectivity index (χ1v) is 8.43. The van der Waals surface area contributed by atoms with Gasteiger partial charge in [-0.15, -0.1) is 0 Å². The maximum absolute atomic E-state index is 4.35. The van der Waals surface area contributed by atoms with Crippen LogP contribution in [0, 0.1) is 0 Å². The number of unbranched alkanes of at least 4 members (excludes halogenated alkanes) is 11. The Kier molecular flexibility index (Phi) is 15.1. The molecular weight excluding hydrogens is 232 g/mol. The maximum Gasteiger partial charge on any atom is 0.0844 e. The second-order valence-electron chi connectivity index (χ2n) is 5.87. The molecule has 0 aromatic carbocycles. The Labute approximate surface area is 121 Å². The van der Waals surface area contributed by atoms with Crippen LogP contribution in [0.3, 0.4) is 0 Å². The molecule has 0 aliphatic rings. The Morgan fingerprint density at radius 1 is 0.684 bits per heavy atom. The van der Waals surface area contributed by atoms with Crippen LogP contribution in [0.15, 0.2) is 4.99 Å². The van der Waals surface area contributed by atoms with Gasteiger partial charge in [-0.1, -0.05) is 77.6 Å². The van der Waals surface area contributed by atoms with Crippen molar-refractivity contribution in [3.05, 3.63) is 0 Å². The topological polar surface area (TPSA) is 15.6 Å². The van der Waals surface area contributed by atoms with Gasteiger partial charge in [-0.25, -0.2) is 0 Å². The molecule has 0 N–H and O–H groups in total. The van der Waals surface area contributed by atoms with E-state index >= 15 is 0 Å². The van der Waals surface area contributed by atoms with E-state index < -0.39 is 0 Å². The van der Waals surface area contributed by atoms with E-state index in [1.807, 2.05) is 25.3 Å². The fraction of sp³-hybridized carbons (Fsp3) is 0.941. The van der Waals surface area contributed by atoms with Gasteiger partial charge in [0.25, 0.3) is 0 Å². The molecule has 0 spiro atoms. The van der Waals surface area contributed by atoms with Crippen LogP contribution in [-0.2, 0) is 0 Å². The van der Waals surface area contributed by atoms with Gasteiger partial charge >= 0.3 is 0 Å². The smallest absolute Gasteiger partial charge is 0.0844 e. The number of hydrogen-bond acceptors (Lipinski definition) is 1. The summed E-state index contributed by atoms with van der Waals surface area (Å²) in [5, 5.41) is 0. The highest BCUT2D eigenvalue weighted by Gasteiger charge is 1.93. The predicted molar refractivity (Wildman–Crippen MR) is 88.1 cm³/mol. The monoisotopic (exact) mass is 268 g/mol. The Morgan fingerprint density at radius 2 is 1.11 bits per heavy atom. The summed E-state index contributed by atoms with van der Waals surface area (Å²) >= 11 is 0.